The Bertz CT molecular complexity index is 420. The average molecular weight is 248 g/mol. The summed E-state index contributed by atoms with van der Waals surface area (Å²) in [4.78, 5) is 14.3. The minimum atomic E-state index is 0.0665. The Kier molecular flexibility index (Phi) is 4.20. The Hall–Kier alpha value is -1.55. The zero-order chi connectivity index (χ0) is 13.0. The second kappa shape index (κ2) is 5.87. The molecule has 1 aliphatic heterocycles. The number of ether oxygens (including phenoxy) is 1. The van der Waals surface area contributed by atoms with Gasteiger partial charge in [-0.25, -0.2) is 0 Å². The third-order valence-electron chi connectivity index (χ3n) is 3.30. The van der Waals surface area contributed by atoms with Crippen LogP contribution < -0.4 is 10.1 Å². The van der Waals surface area contributed by atoms with E-state index in [1.54, 1.807) is 0 Å². The molecule has 0 aliphatic carbocycles. The standard InChI is InChI=1S/C14H20N2O2/c1-3-18-13-7-5-4-6-12(13)14(17)16-9-8-11(10-16)15-2/h4-7,11,15H,3,8-10H2,1-2H3. The predicted molar refractivity (Wildman–Crippen MR) is 71.0 cm³/mol. The Morgan fingerprint density at radius 2 is 2.28 bits per heavy atom. The van der Waals surface area contributed by atoms with Crippen LogP contribution in [0.3, 0.4) is 0 Å². The lowest BCUT2D eigenvalue weighted by Gasteiger charge is -2.18. The van der Waals surface area contributed by atoms with Gasteiger partial charge in [0.1, 0.15) is 5.75 Å². The first kappa shape index (κ1) is 12.9. The Labute approximate surface area is 108 Å². The van der Waals surface area contributed by atoms with Crippen LogP contribution in [0, 0.1) is 0 Å². The number of para-hydroxylation sites is 1. The fourth-order valence-corrected chi connectivity index (χ4v) is 2.28. The van der Waals surface area contributed by atoms with E-state index < -0.39 is 0 Å². The fourth-order valence-electron chi connectivity index (χ4n) is 2.28. The number of hydrogen-bond donors (Lipinski definition) is 1. The van der Waals surface area contributed by atoms with Crippen LogP contribution in [0.25, 0.3) is 0 Å². The summed E-state index contributed by atoms with van der Waals surface area (Å²) in [6.07, 6.45) is 1.01. The first-order valence-electron chi connectivity index (χ1n) is 6.44. The second-order valence-corrected chi connectivity index (χ2v) is 4.45. The highest BCUT2D eigenvalue weighted by molar-refractivity contribution is 5.97. The number of nitrogens with zero attached hydrogens (tertiary/aromatic N) is 1. The van der Waals surface area contributed by atoms with Crippen LogP contribution in [0.2, 0.25) is 0 Å². The number of amides is 1. The lowest BCUT2D eigenvalue weighted by atomic mass is 10.2. The van der Waals surface area contributed by atoms with E-state index in [1.807, 2.05) is 43.1 Å². The molecule has 1 aliphatic rings. The SMILES string of the molecule is CCOc1ccccc1C(=O)N1CCC(NC)C1. The number of likely N-dealkylation sites (N-methyl/N-ethyl adjacent to an activating group) is 1. The number of rotatable bonds is 4. The van der Waals surface area contributed by atoms with E-state index in [1.165, 1.54) is 0 Å². The highest BCUT2D eigenvalue weighted by Crippen LogP contribution is 2.22. The van der Waals surface area contributed by atoms with Crippen molar-refractivity contribution in [3.63, 3.8) is 0 Å². The summed E-state index contributed by atoms with van der Waals surface area (Å²) in [5, 5.41) is 3.21. The summed E-state index contributed by atoms with van der Waals surface area (Å²) in [7, 11) is 1.94. The molecule has 1 aromatic rings. The number of nitrogens with one attached hydrogen (secondary N) is 1. The molecule has 4 heteroatoms. The van der Waals surface area contributed by atoms with Crippen LogP contribution in [0.15, 0.2) is 24.3 Å². The maximum Gasteiger partial charge on any atom is 0.257 e. The van der Waals surface area contributed by atoms with Gasteiger partial charge in [0, 0.05) is 19.1 Å². The van der Waals surface area contributed by atoms with E-state index >= 15 is 0 Å². The van der Waals surface area contributed by atoms with E-state index in [2.05, 4.69) is 5.32 Å². The van der Waals surface area contributed by atoms with Gasteiger partial charge in [-0.05, 0) is 32.5 Å². The lowest BCUT2D eigenvalue weighted by Crippen LogP contribution is -2.33. The number of carbonyl (C=O) groups excluding carboxylic acids is 1. The zero-order valence-electron chi connectivity index (χ0n) is 11.0. The first-order chi connectivity index (χ1) is 8.76. The van der Waals surface area contributed by atoms with Gasteiger partial charge in [-0.2, -0.15) is 0 Å². The van der Waals surface area contributed by atoms with Crippen molar-refractivity contribution in [2.24, 2.45) is 0 Å². The smallest absolute Gasteiger partial charge is 0.257 e. The van der Waals surface area contributed by atoms with Crippen LogP contribution in [0.5, 0.6) is 5.75 Å². The van der Waals surface area contributed by atoms with Crippen molar-refractivity contribution >= 4 is 5.91 Å². The van der Waals surface area contributed by atoms with Crippen LogP contribution >= 0.6 is 0 Å². The molecular formula is C14H20N2O2. The molecule has 1 unspecified atom stereocenters. The molecule has 0 spiro atoms. The Balaban J connectivity index is 2.14. The van der Waals surface area contributed by atoms with Gasteiger partial charge in [-0.15, -0.1) is 0 Å². The molecule has 1 N–H and O–H groups in total. The topological polar surface area (TPSA) is 41.6 Å². The monoisotopic (exact) mass is 248 g/mol. The molecule has 2 rings (SSSR count). The van der Waals surface area contributed by atoms with E-state index in [4.69, 9.17) is 4.74 Å². The van der Waals surface area contributed by atoms with Crippen LogP contribution in [0.4, 0.5) is 0 Å². The quantitative estimate of drug-likeness (QED) is 0.878. The molecule has 0 bridgehead atoms. The molecule has 98 valence electrons. The molecule has 1 atom stereocenters. The third kappa shape index (κ3) is 2.64. The van der Waals surface area contributed by atoms with Gasteiger partial charge < -0.3 is 15.0 Å². The average Bonchev–Trinajstić information content (AvgIpc) is 2.88. The molecule has 1 heterocycles. The normalized spacial score (nSPS) is 19.0. The Morgan fingerprint density at radius 1 is 1.50 bits per heavy atom. The van der Waals surface area contributed by atoms with Crippen molar-refractivity contribution in [2.75, 3.05) is 26.7 Å². The molecule has 0 saturated carbocycles. The van der Waals surface area contributed by atoms with Crippen molar-refractivity contribution in [1.82, 2.24) is 10.2 Å². The van der Waals surface area contributed by atoms with Gasteiger partial charge in [0.05, 0.1) is 12.2 Å². The van der Waals surface area contributed by atoms with Crippen LogP contribution in [-0.2, 0) is 0 Å². The molecule has 4 nitrogen and oxygen atoms in total. The molecule has 1 saturated heterocycles. The lowest BCUT2D eigenvalue weighted by molar-refractivity contribution is 0.0785. The Morgan fingerprint density at radius 3 is 2.94 bits per heavy atom. The number of likely N-dealkylation sites (tertiary alicyclic amines) is 1. The maximum absolute atomic E-state index is 12.4. The molecule has 18 heavy (non-hydrogen) atoms. The minimum absolute atomic E-state index is 0.0665. The van der Waals surface area contributed by atoms with Gasteiger partial charge in [0.15, 0.2) is 0 Å². The van der Waals surface area contributed by atoms with Gasteiger partial charge in [-0.1, -0.05) is 12.1 Å². The van der Waals surface area contributed by atoms with E-state index in [-0.39, 0.29) is 5.91 Å². The van der Waals surface area contributed by atoms with Crippen molar-refractivity contribution < 1.29 is 9.53 Å². The molecule has 0 radical (unpaired) electrons. The maximum atomic E-state index is 12.4. The summed E-state index contributed by atoms with van der Waals surface area (Å²) in [6, 6.07) is 7.86. The third-order valence-corrected chi connectivity index (χ3v) is 3.30. The summed E-state index contributed by atoms with van der Waals surface area (Å²) in [5.41, 5.74) is 0.663. The molecular weight excluding hydrogens is 228 g/mol. The predicted octanol–water partition coefficient (Wildman–Crippen LogP) is 1.52. The van der Waals surface area contributed by atoms with Crippen LogP contribution in [-0.4, -0.2) is 43.6 Å². The van der Waals surface area contributed by atoms with Crippen LogP contribution in [0.1, 0.15) is 23.7 Å². The largest absolute Gasteiger partial charge is 0.493 e. The number of benzene rings is 1. The van der Waals surface area contributed by atoms with Gasteiger partial charge in [0.25, 0.3) is 5.91 Å². The van der Waals surface area contributed by atoms with E-state index in [9.17, 15) is 4.79 Å². The highest BCUT2D eigenvalue weighted by Gasteiger charge is 2.27. The summed E-state index contributed by atoms with van der Waals surface area (Å²) in [5.74, 6) is 0.745. The van der Waals surface area contributed by atoms with Gasteiger partial charge in [-0.3, -0.25) is 4.79 Å². The highest BCUT2D eigenvalue weighted by atomic mass is 16.5. The van der Waals surface area contributed by atoms with Gasteiger partial charge in [0.2, 0.25) is 0 Å². The number of hydrogen-bond acceptors (Lipinski definition) is 3. The summed E-state index contributed by atoms with van der Waals surface area (Å²) < 4.78 is 5.51. The van der Waals surface area contributed by atoms with E-state index in [0.717, 1.165) is 19.5 Å². The molecule has 1 aromatic carbocycles. The van der Waals surface area contributed by atoms with E-state index in [0.29, 0.717) is 24.0 Å². The summed E-state index contributed by atoms with van der Waals surface area (Å²) >= 11 is 0. The van der Waals surface area contributed by atoms with Crippen molar-refractivity contribution in [3.05, 3.63) is 29.8 Å². The molecule has 1 amide bonds. The zero-order valence-corrected chi connectivity index (χ0v) is 11.0. The summed E-state index contributed by atoms with van der Waals surface area (Å²) in [6.45, 7) is 4.08. The fraction of sp³-hybridized carbons (Fsp3) is 0.500. The van der Waals surface area contributed by atoms with Gasteiger partial charge >= 0.3 is 0 Å². The first-order valence-corrected chi connectivity index (χ1v) is 6.44. The second-order valence-electron chi connectivity index (χ2n) is 4.45. The van der Waals surface area contributed by atoms with Crippen molar-refractivity contribution in [2.45, 2.75) is 19.4 Å². The molecule has 0 aromatic heterocycles. The van der Waals surface area contributed by atoms with Crippen molar-refractivity contribution in [1.29, 1.82) is 0 Å². The minimum Gasteiger partial charge on any atom is -0.493 e. The van der Waals surface area contributed by atoms with Crippen molar-refractivity contribution in [3.8, 4) is 5.75 Å². The number of carbonyl (C=O) groups is 1. The molecule has 1 fully saturated rings.